The topological polar surface area (TPSA) is 67.1 Å². The first-order valence-electron chi connectivity index (χ1n) is 6.71. The van der Waals surface area contributed by atoms with Gasteiger partial charge < -0.3 is 4.90 Å². The van der Waals surface area contributed by atoms with Crippen LogP contribution in [0.1, 0.15) is 25.7 Å². The molecule has 2 aromatic rings. The number of aromatic nitrogens is 2. The van der Waals surface area contributed by atoms with Gasteiger partial charge in [-0.05, 0) is 30.2 Å². The third kappa shape index (κ3) is 2.50. The zero-order valence-electron chi connectivity index (χ0n) is 11.1. The molecule has 1 saturated carbocycles. The second-order valence-corrected chi connectivity index (χ2v) is 6.08. The van der Waals surface area contributed by atoms with Crippen LogP contribution in [-0.4, -0.2) is 23.6 Å². The molecule has 3 rings (SSSR count). The van der Waals surface area contributed by atoms with Crippen LogP contribution in [-0.2, 0) is 0 Å². The Morgan fingerprint density at radius 3 is 2.95 bits per heavy atom. The zero-order chi connectivity index (χ0) is 13.2. The SMILES string of the molecule is CN(CC1CCCC1)c1nc(NN)nc2sccc12. The Kier molecular flexibility index (Phi) is 3.52. The summed E-state index contributed by atoms with van der Waals surface area (Å²) in [5.74, 6) is 7.71. The van der Waals surface area contributed by atoms with Crippen LogP contribution in [0.15, 0.2) is 11.4 Å². The molecule has 2 aromatic heterocycles. The summed E-state index contributed by atoms with van der Waals surface area (Å²) in [5.41, 5.74) is 2.56. The highest BCUT2D eigenvalue weighted by molar-refractivity contribution is 7.16. The zero-order valence-corrected chi connectivity index (χ0v) is 11.9. The van der Waals surface area contributed by atoms with E-state index in [1.165, 1.54) is 25.7 Å². The fourth-order valence-corrected chi connectivity index (χ4v) is 3.62. The maximum Gasteiger partial charge on any atom is 0.240 e. The Hall–Kier alpha value is -1.40. The molecule has 0 aliphatic heterocycles. The summed E-state index contributed by atoms with van der Waals surface area (Å²) >= 11 is 1.62. The molecule has 19 heavy (non-hydrogen) atoms. The first-order chi connectivity index (χ1) is 9.28. The first-order valence-corrected chi connectivity index (χ1v) is 7.59. The lowest BCUT2D eigenvalue weighted by Crippen LogP contribution is -2.25. The monoisotopic (exact) mass is 277 g/mol. The maximum atomic E-state index is 5.45. The number of nitrogens with one attached hydrogen (secondary N) is 1. The molecule has 0 aromatic carbocycles. The number of nitrogens with zero attached hydrogens (tertiary/aromatic N) is 3. The van der Waals surface area contributed by atoms with E-state index in [-0.39, 0.29) is 0 Å². The Morgan fingerprint density at radius 1 is 1.42 bits per heavy atom. The van der Waals surface area contributed by atoms with Crippen LogP contribution < -0.4 is 16.2 Å². The molecular weight excluding hydrogens is 258 g/mol. The van der Waals surface area contributed by atoms with Gasteiger partial charge in [0, 0.05) is 13.6 Å². The van der Waals surface area contributed by atoms with E-state index in [1.807, 2.05) is 5.38 Å². The Balaban J connectivity index is 1.90. The standard InChI is InChI=1S/C13H19N5S/c1-18(8-9-4-2-3-5-9)11-10-6-7-19-12(10)16-13(15-11)17-14/h6-7,9H,2-5,8,14H2,1H3,(H,15,16,17). The summed E-state index contributed by atoms with van der Waals surface area (Å²) in [6.07, 6.45) is 5.41. The summed E-state index contributed by atoms with van der Waals surface area (Å²) in [4.78, 5) is 12.1. The van der Waals surface area contributed by atoms with E-state index in [2.05, 4.69) is 33.4 Å². The fraction of sp³-hybridized carbons (Fsp3) is 0.538. The number of rotatable bonds is 4. The van der Waals surface area contributed by atoms with Crippen molar-refractivity contribution in [3.05, 3.63) is 11.4 Å². The van der Waals surface area contributed by atoms with Gasteiger partial charge in [-0.25, -0.2) is 10.8 Å². The van der Waals surface area contributed by atoms with Gasteiger partial charge in [-0.1, -0.05) is 12.8 Å². The van der Waals surface area contributed by atoms with E-state index in [1.54, 1.807) is 11.3 Å². The molecule has 0 spiro atoms. The number of anilines is 2. The van der Waals surface area contributed by atoms with Crippen molar-refractivity contribution in [3.63, 3.8) is 0 Å². The van der Waals surface area contributed by atoms with Crippen molar-refractivity contribution >= 4 is 33.3 Å². The highest BCUT2D eigenvalue weighted by Gasteiger charge is 2.19. The van der Waals surface area contributed by atoms with Crippen LogP contribution in [0, 0.1) is 5.92 Å². The molecule has 1 aliphatic carbocycles. The van der Waals surface area contributed by atoms with Crippen molar-refractivity contribution in [2.45, 2.75) is 25.7 Å². The van der Waals surface area contributed by atoms with Crippen molar-refractivity contribution in [2.75, 3.05) is 23.9 Å². The van der Waals surface area contributed by atoms with Gasteiger partial charge in [-0.2, -0.15) is 4.98 Å². The molecule has 0 bridgehead atoms. The minimum Gasteiger partial charge on any atom is -0.359 e. The number of hydrogen-bond donors (Lipinski definition) is 2. The molecule has 6 heteroatoms. The van der Waals surface area contributed by atoms with Gasteiger partial charge in [0.1, 0.15) is 10.6 Å². The quantitative estimate of drug-likeness (QED) is 0.664. The summed E-state index contributed by atoms with van der Waals surface area (Å²) in [6, 6.07) is 2.08. The number of hydrogen-bond acceptors (Lipinski definition) is 6. The van der Waals surface area contributed by atoms with E-state index >= 15 is 0 Å². The minimum absolute atomic E-state index is 0.489. The molecule has 2 heterocycles. The van der Waals surface area contributed by atoms with Crippen LogP contribution in [0.4, 0.5) is 11.8 Å². The molecule has 0 unspecified atom stereocenters. The summed E-state index contributed by atoms with van der Waals surface area (Å²) in [5, 5.41) is 3.16. The van der Waals surface area contributed by atoms with Crippen molar-refractivity contribution in [2.24, 2.45) is 11.8 Å². The van der Waals surface area contributed by atoms with E-state index in [4.69, 9.17) is 5.84 Å². The van der Waals surface area contributed by atoms with Crippen molar-refractivity contribution in [1.82, 2.24) is 9.97 Å². The number of fused-ring (bicyclic) bond motifs is 1. The smallest absolute Gasteiger partial charge is 0.240 e. The maximum absolute atomic E-state index is 5.45. The molecule has 0 atom stereocenters. The molecule has 102 valence electrons. The van der Waals surface area contributed by atoms with E-state index in [0.29, 0.717) is 5.95 Å². The third-order valence-corrected chi connectivity index (χ3v) is 4.61. The normalized spacial score (nSPS) is 16.1. The van der Waals surface area contributed by atoms with Crippen LogP contribution in [0.3, 0.4) is 0 Å². The Bertz CT molecular complexity index is 561. The second-order valence-electron chi connectivity index (χ2n) is 5.19. The average Bonchev–Trinajstić information content (AvgIpc) is 3.07. The van der Waals surface area contributed by atoms with Gasteiger partial charge in [-0.3, -0.25) is 5.43 Å². The van der Waals surface area contributed by atoms with Gasteiger partial charge in [-0.15, -0.1) is 11.3 Å². The molecule has 5 nitrogen and oxygen atoms in total. The predicted octanol–water partition coefficient (Wildman–Crippen LogP) is 2.60. The van der Waals surface area contributed by atoms with Crippen molar-refractivity contribution in [3.8, 4) is 0 Å². The van der Waals surface area contributed by atoms with Crippen LogP contribution in [0.25, 0.3) is 10.2 Å². The third-order valence-electron chi connectivity index (χ3n) is 3.80. The largest absolute Gasteiger partial charge is 0.359 e. The number of nitrogens with two attached hydrogens (primary N) is 1. The lowest BCUT2D eigenvalue weighted by Gasteiger charge is -2.23. The number of thiophene rings is 1. The Morgan fingerprint density at radius 2 is 2.21 bits per heavy atom. The minimum atomic E-state index is 0.489. The van der Waals surface area contributed by atoms with Gasteiger partial charge in [0.15, 0.2) is 0 Å². The fourth-order valence-electron chi connectivity index (χ4n) is 2.86. The van der Waals surface area contributed by atoms with E-state index in [9.17, 15) is 0 Å². The van der Waals surface area contributed by atoms with Crippen LogP contribution in [0.2, 0.25) is 0 Å². The van der Waals surface area contributed by atoms with Crippen molar-refractivity contribution in [1.29, 1.82) is 0 Å². The highest BCUT2D eigenvalue weighted by atomic mass is 32.1. The molecule has 0 amide bonds. The van der Waals surface area contributed by atoms with E-state index < -0.39 is 0 Å². The van der Waals surface area contributed by atoms with E-state index in [0.717, 1.165) is 28.5 Å². The van der Waals surface area contributed by atoms with Crippen LogP contribution >= 0.6 is 11.3 Å². The Labute approximate surface area is 116 Å². The molecule has 0 radical (unpaired) electrons. The van der Waals surface area contributed by atoms with Gasteiger partial charge >= 0.3 is 0 Å². The number of nitrogen functional groups attached to an aromatic ring is 1. The number of hydrazine groups is 1. The second kappa shape index (κ2) is 5.30. The van der Waals surface area contributed by atoms with Crippen LogP contribution in [0.5, 0.6) is 0 Å². The van der Waals surface area contributed by atoms with Gasteiger partial charge in [0.25, 0.3) is 0 Å². The van der Waals surface area contributed by atoms with Crippen molar-refractivity contribution < 1.29 is 0 Å². The molecule has 1 aliphatic rings. The predicted molar refractivity (Wildman–Crippen MR) is 80.5 cm³/mol. The summed E-state index contributed by atoms with van der Waals surface area (Å²) in [7, 11) is 2.11. The average molecular weight is 277 g/mol. The lowest BCUT2D eigenvalue weighted by atomic mass is 10.1. The molecular formula is C13H19N5S. The lowest BCUT2D eigenvalue weighted by molar-refractivity contribution is 0.545. The summed E-state index contributed by atoms with van der Waals surface area (Å²) < 4.78 is 0. The van der Waals surface area contributed by atoms with Gasteiger partial charge in [0.2, 0.25) is 5.95 Å². The first kappa shape index (κ1) is 12.6. The molecule has 1 fully saturated rings. The summed E-state index contributed by atoms with van der Waals surface area (Å²) in [6.45, 7) is 1.06. The molecule has 0 saturated heterocycles. The highest BCUT2D eigenvalue weighted by Crippen LogP contribution is 2.31. The van der Waals surface area contributed by atoms with Gasteiger partial charge in [0.05, 0.1) is 5.39 Å². The molecule has 3 N–H and O–H groups in total.